The van der Waals surface area contributed by atoms with Gasteiger partial charge in [-0.25, -0.2) is 4.79 Å². The summed E-state index contributed by atoms with van der Waals surface area (Å²) in [6.45, 7) is 8.62. The topological polar surface area (TPSA) is 55.8 Å². The van der Waals surface area contributed by atoms with Crippen LogP contribution in [0, 0.1) is 12.3 Å². The third-order valence-electron chi connectivity index (χ3n) is 2.78. The maximum atomic E-state index is 12.0. The van der Waals surface area contributed by atoms with E-state index in [-0.39, 0.29) is 18.0 Å². The highest BCUT2D eigenvalue weighted by atomic mass is 32.1. The van der Waals surface area contributed by atoms with E-state index in [1.54, 1.807) is 0 Å². The number of aliphatic hydroxyl groups excluding tert-OH is 1. The van der Waals surface area contributed by atoms with Crippen molar-refractivity contribution in [1.82, 2.24) is 0 Å². The Bertz CT molecular complexity index is 437. The van der Waals surface area contributed by atoms with Gasteiger partial charge in [-0.2, -0.15) is 0 Å². The van der Waals surface area contributed by atoms with Crippen molar-refractivity contribution < 1.29 is 19.4 Å². The SMILES string of the molecule is CCCCOC(=O)c1sc(C)cc1OCC(C)(C)CO. The summed E-state index contributed by atoms with van der Waals surface area (Å²) in [5, 5.41) is 9.23. The third-order valence-corrected chi connectivity index (χ3v) is 3.80. The van der Waals surface area contributed by atoms with Crippen LogP contribution in [-0.2, 0) is 4.74 Å². The molecule has 0 spiro atoms. The van der Waals surface area contributed by atoms with Crippen molar-refractivity contribution >= 4 is 17.3 Å². The van der Waals surface area contributed by atoms with E-state index >= 15 is 0 Å². The Labute approximate surface area is 124 Å². The number of carbonyl (C=O) groups is 1. The molecule has 0 saturated carbocycles. The van der Waals surface area contributed by atoms with E-state index in [1.807, 2.05) is 26.8 Å². The number of ether oxygens (including phenoxy) is 2. The fraction of sp³-hybridized carbons (Fsp3) is 0.667. The van der Waals surface area contributed by atoms with Gasteiger partial charge in [0.25, 0.3) is 0 Å². The number of thiophene rings is 1. The van der Waals surface area contributed by atoms with Crippen LogP contribution in [-0.4, -0.2) is 30.9 Å². The summed E-state index contributed by atoms with van der Waals surface area (Å²) in [6, 6.07) is 1.84. The predicted octanol–water partition coefficient (Wildman–Crippen LogP) is 3.41. The zero-order valence-electron chi connectivity index (χ0n) is 12.7. The minimum Gasteiger partial charge on any atom is -0.491 e. The number of carbonyl (C=O) groups excluding carboxylic acids is 1. The van der Waals surface area contributed by atoms with Crippen molar-refractivity contribution in [2.24, 2.45) is 5.41 Å². The van der Waals surface area contributed by atoms with Gasteiger partial charge in [-0.1, -0.05) is 27.2 Å². The highest BCUT2D eigenvalue weighted by Gasteiger charge is 2.22. The minimum atomic E-state index is -0.334. The Balaban J connectivity index is 2.70. The molecule has 5 heteroatoms. The summed E-state index contributed by atoms with van der Waals surface area (Å²) in [6.07, 6.45) is 1.86. The van der Waals surface area contributed by atoms with Gasteiger partial charge in [0.2, 0.25) is 0 Å². The first-order valence-electron chi connectivity index (χ1n) is 6.91. The molecule has 0 aromatic carbocycles. The van der Waals surface area contributed by atoms with Crippen LogP contribution in [0.15, 0.2) is 6.07 Å². The monoisotopic (exact) mass is 300 g/mol. The molecule has 1 heterocycles. The lowest BCUT2D eigenvalue weighted by atomic mass is 9.97. The zero-order valence-corrected chi connectivity index (χ0v) is 13.5. The molecule has 0 unspecified atom stereocenters. The molecule has 0 saturated heterocycles. The molecule has 1 aromatic heterocycles. The van der Waals surface area contributed by atoms with Crippen LogP contribution in [0.5, 0.6) is 5.75 Å². The van der Waals surface area contributed by atoms with E-state index in [1.165, 1.54) is 11.3 Å². The van der Waals surface area contributed by atoms with Crippen molar-refractivity contribution in [3.05, 3.63) is 15.8 Å². The van der Waals surface area contributed by atoms with Crippen LogP contribution in [0.25, 0.3) is 0 Å². The van der Waals surface area contributed by atoms with Gasteiger partial charge >= 0.3 is 5.97 Å². The van der Waals surface area contributed by atoms with Crippen molar-refractivity contribution in [2.75, 3.05) is 19.8 Å². The fourth-order valence-corrected chi connectivity index (χ4v) is 2.28. The quantitative estimate of drug-likeness (QED) is 0.590. The van der Waals surface area contributed by atoms with Gasteiger partial charge in [0.05, 0.1) is 19.8 Å². The van der Waals surface area contributed by atoms with E-state index < -0.39 is 0 Å². The van der Waals surface area contributed by atoms with E-state index in [2.05, 4.69) is 6.92 Å². The summed E-state index contributed by atoms with van der Waals surface area (Å²) in [4.78, 5) is 13.5. The second-order valence-electron chi connectivity index (χ2n) is 5.65. The van der Waals surface area contributed by atoms with Crippen molar-refractivity contribution in [3.8, 4) is 5.75 Å². The molecule has 0 aliphatic rings. The van der Waals surface area contributed by atoms with Gasteiger partial charge in [-0.3, -0.25) is 0 Å². The Kier molecular flexibility index (Phi) is 6.49. The molecule has 0 aliphatic carbocycles. The normalized spacial score (nSPS) is 11.4. The van der Waals surface area contributed by atoms with Crippen LogP contribution in [0.1, 0.15) is 48.2 Å². The van der Waals surface area contributed by atoms with Crippen LogP contribution in [0.4, 0.5) is 0 Å². The van der Waals surface area contributed by atoms with Crippen molar-refractivity contribution in [2.45, 2.75) is 40.5 Å². The predicted molar refractivity (Wildman–Crippen MR) is 80.6 cm³/mol. The van der Waals surface area contributed by atoms with E-state index in [4.69, 9.17) is 9.47 Å². The van der Waals surface area contributed by atoms with Gasteiger partial charge < -0.3 is 14.6 Å². The highest BCUT2D eigenvalue weighted by Crippen LogP contribution is 2.31. The molecule has 114 valence electrons. The fourth-order valence-electron chi connectivity index (χ4n) is 1.43. The Morgan fingerprint density at radius 2 is 2.15 bits per heavy atom. The van der Waals surface area contributed by atoms with Gasteiger partial charge in [-0.15, -0.1) is 11.3 Å². The number of esters is 1. The van der Waals surface area contributed by atoms with Crippen LogP contribution < -0.4 is 4.74 Å². The number of hydrogen-bond acceptors (Lipinski definition) is 5. The summed E-state index contributed by atoms with van der Waals surface area (Å²) in [5.41, 5.74) is -0.334. The number of hydrogen-bond donors (Lipinski definition) is 1. The molecule has 0 radical (unpaired) electrons. The average molecular weight is 300 g/mol. The maximum absolute atomic E-state index is 12.0. The smallest absolute Gasteiger partial charge is 0.352 e. The summed E-state index contributed by atoms with van der Waals surface area (Å²) in [7, 11) is 0. The molecule has 20 heavy (non-hydrogen) atoms. The number of rotatable bonds is 8. The first-order valence-corrected chi connectivity index (χ1v) is 7.72. The van der Waals surface area contributed by atoms with E-state index in [9.17, 15) is 9.90 Å². The molecule has 4 nitrogen and oxygen atoms in total. The first kappa shape index (κ1) is 17.0. The molecule has 1 aromatic rings. The number of aryl methyl sites for hydroxylation is 1. The largest absolute Gasteiger partial charge is 0.491 e. The van der Waals surface area contributed by atoms with Crippen molar-refractivity contribution in [3.63, 3.8) is 0 Å². The second-order valence-corrected chi connectivity index (χ2v) is 6.91. The lowest BCUT2D eigenvalue weighted by molar-refractivity contribution is 0.0495. The maximum Gasteiger partial charge on any atom is 0.352 e. The van der Waals surface area contributed by atoms with Crippen LogP contribution in [0.2, 0.25) is 0 Å². The average Bonchev–Trinajstić information content (AvgIpc) is 2.78. The molecule has 1 rings (SSSR count). The van der Waals surface area contributed by atoms with Gasteiger partial charge in [0.15, 0.2) is 4.88 Å². The molecule has 0 aliphatic heterocycles. The van der Waals surface area contributed by atoms with Gasteiger partial charge in [-0.05, 0) is 19.4 Å². The Morgan fingerprint density at radius 3 is 2.75 bits per heavy atom. The summed E-state index contributed by atoms with van der Waals surface area (Å²) < 4.78 is 10.9. The zero-order chi connectivity index (χ0) is 15.2. The lowest BCUT2D eigenvalue weighted by Gasteiger charge is -2.21. The van der Waals surface area contributed by atoms with E-state index in [0.29, 0.717) is 23.8 Å². The first-order chi connectivity index (χ1) is 9.39. The molecule has 0 fully saturated rings. The second kappa shape index (κ2) is 7.64. The molecular formula is C15H24O4S. The van der Waals surface area contributed by atoms with Gasteiger partial charge in [0.1, 0.15) is 5.75 Å². The summed E-state index contributed by atoms with van der Waals surface area (Å²) >= 11 is 1.38. The molecule has 1 N–H and O–H groups in total. The third kappa shape index (κ3) is 5.13. The molecule has 0 amide bonds. The minimum absolute atomic E-state index is 0.0341. The van der Waals surface area contributed by atoms with Gasteiger partial charge in [0, 0.05) is 10.3 Å². The standard InChI is InChI=1S/C15H24O4S/c1-5-6-7-18-14(17)13-12(8-11(2)20-13)19-10-15(3,4)9-16/h8,16H,5-7,9-10H2,1-4H3. The number of unbranched alkanes of at least 4 members (excludes halogenated alkanes) is 1. The number of aliphatic hydroxyl groups is 1. The Morgan fingerprint density at radius 1 is 1.45 bits per heavy atom. The molecule has 0 atom stereocenters. The van der Waals surface area contributed by atoms with E-state index in [0.717, 1.165) is 17.7 Å². The highest BCUT2D eigenvalue weighted by molar-refractivity contribution is 7.14. The lowest BCUT2D eigenvalue weighted by Crippen LogP contribution is -2.25. The Hall–Kier alpha value is -1.07. The van der Waals surface area contributed by atoms with Crippen LogP contribution >= 0.6 is 11.3 Å². The summed E-state index contributed by atoms with van der Waals surface area (Å²) in [5.74, 6) is 0.226. The van der Waals surface area contributed by atoms with Crippen molar-refractivity contribution in [1.29, 1.82) is 0 Å². The molecular weight excluding hydrogens is 276 g/mol. The molecule has 0 bridgehead atoms. The van der Waals surface area contributed by atoms with Crippen LogP contribution in [0.3, 0.4) is 0 Å².